The topological polar surface area (TPSA) is 138 Å². The molecule has 28 heavy (non-hydrogen) atoms. The zero-order chi connectivity index (χ0) is 20.6. The fourth-order valence-electron chi connectivity index (χ4n) is 2.84. The summed E-state index contributed by atoms with van der Waals surface area (Å²) in [6.07, 6.45) is 1.18. The van der Waals surface area contributed by atoms with Crippen LogP contribution in [0.3, 0.4) is 0 Å². The molecular formula is C16H19N5O6S. The predicted octanol–water partition coefficient (Wildman–Crippen LogP) is -0.956. The summed E-state index contributed by atoms with van der Waals surface area (Å²) >= 11 is 0. The van der Waals surface area contributed by atoms with E-state index in [9.17, 15) is 22.8 Å². The van der Waals surface area contributed by atoms with Gasteiger partial charge in [0.2, 0.25) is 20.9 Å². The van der Waals surface area contributed by atoms with Crippen molar-refractivity contribution in [1.82, 2.24) is 24.0 Å². The van der Waals surface area contributed by atoms with Crippen LogP contribution in [0.2, 0.25) is 0 Å². The van der Waals surface area contributed by atoms with Crippen molar-refractivity contribution in [3.05, 3.63) is 45.0 Å². The lowest BCUT2D eigenvalue weighted by Crippen LogP contribution is -2.37. The number of nitrogens with zero attached hydrogens (tertiary/aromatic N) is 4. The van der Waals surface area contributed by atoms with Crippen LogP contribution in [0.4, 0.5) is 0 Å². The van der Waals surface area contributed by atoms with Crippen molar-refractivity contribution >= 4 is 26.9 Å². The van der Waals surface area contributed by atoms with E-state index in [1.807, 2.05) is 0 Å². The first kappa shape index (κ1) is 19.6. The van der Waals surface area contributed by atoms with E-state index in [2.05, 4.69) is 10.3 Å². The molecule has 0 saturated carbocycles. The van der Waals surface area contributed by atoms with E-state index in [4.69, 9.17) is 4.42 Å². The molecule has 0 aliphatic carbocycles. The van der Waals surface area contributed by atoms with E-state index in [0.717, 1.165) is 9.13 Å². The van der Waals surface area contributed by atoms with Gasteiger partial charge in [0.05, 0.1) is 18.6 Å². The van der Waals surface area contributed by atoms with Crippen LogP contribution >= 0.6 is 0 Å². The van der Waals surface area contributed by atoms with Crippen molar-refractivity contribution in [3.8, 4) is 0 Å². The molecule has 12 heteroatoms. The van der Waals surface area contributed by atoms with Crippen LogP contribution in [0.1, 0.15) is 12.2 Å². The van der Waals surface area contributed by atoms with Gasteiger partial charge in [-0.15, -0.1) is 0 Å². The molecule has 3 aromatic rings. The van der Waals surface area contributed by atoms with Gasteiger partial charge in [0.25, 0.3) is 5.56 Å². The molecular weight excluding hydrogens is 390 g/mol. The summed E-state index contributed by atoms with van der Waals surface area (Å²) in [5.41, 5.74) is -1.32. The first-order chi connectivity index (χ1) is 13.1. The van der Waals surface area contributed by atoms with E-state index in [1.54, 1.807) is 12.1 Å². The molecule has 3 aromatic heterocycles. The van der Waals surface area contributed by atoms with Crippen molar-refractivity contribution in [2.24, 2.45) is 21.1 Å². The van der Waals surface area contributed by atoms with Crippen LogP contribution in [0.15, 0.2) is 37.6 Å². The third-order valence-corrected chi connectivity index (χ3v) is 6.00. The second kappa shape index (κ2) is 7.11. The summed E-state index contributed by atoms with van der Waals surface area (Å²) in [4.78, 5) is 40.2. The highest BCUT2D eigenvalue weighted by Gasteiger charge is 2.26. The summed E-state index contributed by atoms with van der Waals surface area (Å²) in [6.45, 7) is 0.149. The number of aryl methyl sites for hydroxylation is 2. The average molecular weight is 409 g/mol. The van der Waals surface area contributed by atoms with Crippen LogP contribution in [0.25, 0.3) is 11.2 Å². The van der Waals surface area contributed by atoms with Crippen LogP contribution in [-0.4, -0.2) is 38.8 Å². The quantitative estimate of drug-likeness (QED) is 0.553. The van der Waals surface area contributed by atoms with Gasteiger partial charge in [-0.25, -0.2) is 18.2 Å². The Bertz CT molecular complexity index is 1260. The highest BCUT2D eigenvalue weighted by molar-refractivity contribution is 7.91. The number of aromatic nitrogens is 4. The summed E-state index contributed by atoms with van der Waals surface area (Å²) in [5.74, 6) is -0.423. The Balaban J connectivity index is 1.85. The number of rotatable bonds is 6. The lowest BCUT2D eigenvalue weighted by atomic mass is 10.4. The second-order valence-corrected chi connectivity index (χ2v) is 8.26. The molecule has 0 aliphatic rings. The van der Waals surface area contributed by atoms with Gasteiger partial charge in [-0.3, -0.25) is 18.7 Å². The summed E-state index contributed by atoms with van der Waals surface area (Å²) in [5, 5.41) is 2.19. The van der Waals surface area contributed by atoms with Gasteiger partial charge in [0, 0.05) is 27.6 Å². The monoisotopic (exact) mass is 409 g/mol. The molecule has 0 aliphatic heterocycles. The molecule has 0 spiro atoms. The number of nitrogens with one attached hydrogen (secondary N) is 1. The van der Waals surface area contributed by atoms with E-state index < -0.39 is 32.7 Å². The predicted molar refractivity (Wildman–Crippen MR) is 98.4 cm³/mol. The molecule has 0 saturated heterocycles. The minimum absolute atomic E-state index is 0.0916. The van der Waals surface area contributed by atoms with Crippen LogP contribution in [0.5, 0.6) is 0 Å². The molecule has 0 radical (unpaired) electrons. The van der Waals surface area contributed by atoms with Gasteiger partial charge >= 0.3 is 5.69 Å². The van der Waals surface area contributed by atoms with Gasteiger partial charge in [-0.2, -0.15) is 0 Å². The SMILES string of the molecule is Cn1c(=O)c2nc(S(=O)(=O)CCC(=O)NCc3ccco3)n(C)c2n(C)c1=O. The van der Waals surface area contributed by atoms with Gasteiger partial charge in [-0.05, 0) is 12.1 Å². The van der Waals surface area contributed by atoms with Crippen molar-refractivity contribution in [3.63, 3.8) is 0 Å². The first-order valence-electron chi connectivity index (χ1n) is 8.27. The van der Waals surface area contributed by atoms with Gasteiger partial charge in [0.15, 0.2) is 11.2 Å². The van der Waals surface area contributed by atoms with E-state index in [1.165, 1.54) is 32.0 Å². The number of furan rings is 1. The molecule has 0 aromatic carbocycles. The highest BCUT2D eigenvalue weighted by atomic mass is 32.2. The summed E-state index contributed by atoms with van der Waals surface area (Å²) < 4.78 is 33.6. The maximum absolute atomic E-state index is 12.7. The third kappa shape index (κ3) is 3.38. The normalized spacial score (nSPS) is 11.8. The fourth-order valence-corrected chi connectivity index (χ4v) is 4.21. The molecule has 1 N–H and O–H groups in total. The van der Waals surface area contributed by atoms with Gasteiger partial charge in [-0.1, -0.05) is 0 Å². The number of fused-ring (bicyclic) bond motifs is 1. The van der Waals surface area contributed by atoms with E-state index in [-0.39, 0.29) is 29.3 Å². The Kier molecular flexibility index (Phi) is 4.98. The molecule has 0 unspecified atom stereocenters. The number of hydrogen-bond donors (Lipinski definition) is 1. The number of carbonyl (C=O) groups is 1. The zero-order valence-corrected chi connectivity index (χ0v) is 16.3. The molecule has 1 amide bonds. The largest absolute Gasteiger partial charge is 0.467 e. The minimum Gasteiger partial charge on any atom is -0.467 e. The second-order valence-electron chi connectivity index (χ2n) is 6.26. The number of sulfone groups is 1. The Labute approximate surface area is 159 Å². The van der Waals surface area contributed by atoms with E-state index in [0.29, 0.717) is 5.76 Å². The van der Waals surface area contributed by atoms with Gasteiger partial charge in [0.1, 0.15) is 5.76 Å². The number of carbonyl (C=O) groups excluding carboxylic acids is 1. The summed E-state index contributed by atoms with van der Waals surface area (Å²) in [7, 11) is 0.135. The Morgan fingerprint density at radius 3 is 2.54 bits per heavy atom. The van der Waals surface area contributed by atoms with Crippen molar-refractivity contribution in [1.29, 1.82) is 0 Å². The molecule has 0 fully saturated rings. The molecule has 0 atom stereocenters. The number of hydrogen-bond acceptors (Lipinski definition) is 7. The smallest absolute Gasteiger partial charge is 0.332 e. The van der Waals surface area contributed by atoms with E-state index >= 15 is 0 Å². The lowest BCUT2D eigenvalue weighted by molar-refractivity contribution is -0.120. The molecule has 150 valence electrons. The Hall–Kier alpha value is -3.15. The maximum Gasteiger partial charge on any atom is 0.332 e. The van der Waals surface area contributed by atoms with Crippen molar-refractivity contribution in [2.45, 2.75) is 18.1 Å². The van der Waals surface area contributed by atoms with Crippen LogP contribution in [0, 0.1) is 0 Å². The highest BCUT2D eigenvalue weighted by Crippen LogP contribution is 2.16. The molecule has 0 bridgehead atoms. The third-order valence-electron chi connectivity index (χ3n) is 4.34. The summed E-state index contributed by atoms with van der Waals surface area (Å²) in [6, 6.07) is 3.36. The lowest BCUT2D eigenvalue weighted by Gasteiger charge is -2.07. The molecule has 3 heterocycles. The standard InChI is InChI=1S/C16H19N5O6S/c1-19-13-12(14(23)21(3)16(24)20(13)2)18-15(19)28(25,26)8-6-11(22)17-9-10-5-4-7-27-10/h4-5,7H,6,8-9H2,1-3H3,(H,17,22). The maximum atomic E-state index is 12.7. The Morgan fingerprint density at radius 1 is 1.18 bits per heavy atom. The minimum atomic E-state index is -3.98. The molecule has 11 nitrogen and oxygen atoms in total. The Morgan fingerprint density at radius 2 is 1.89 bits per heavy atom. The first-order valence-corrected chi connectivity index (χ1v) is 9.93. The van der Waals surface area contributed by atoms with Crippen molar-refractivity contribution < 1.29 is 17.6 Å². The van der Waals surface area contributed by atoms with Crippen LogP contribution in [-0.2, 0) is 42.3 Å². The fraction of sp³-hybridized carbons (Fsp3) is 0.375. The zero-order valence-electron chi connectivity index (χ0n) is 15.5. The van der Waals surface area contributed by atoms with Crippen molar-refractivity contribution in [2.75, 3.05) is 5.75 Å². The molecule has 3 rings (SSSR count). The average Bonchev–Trinajstić information content (AvgIpc) is 3.29. The van der Waals surface area contributed by atoms with Gasteiger partial charge < -0.3 is 14.3 Å². The number of imidazole rings is 1. The van der Waals surface area contributed by atoms with Crippen LogP contribution < -0.4 is 16.6 Å². The number of amides is 1.